The van der Waals surface area contributed by atoms with Crippen LogP contribution in [-0.4, -0.2) is 145 Å². The van der Waals surface area contributed by atoms with Crippen LogP contribution in [0.25, 0.3) is 0 Å². The Balaban J connectivity index is 1.72. The molecule has 272 valence electrons. The monoisotopic (exact) mass is 676 g/mol. The van der Waals surface area contributed by atoms with Gasteiger partial charge in [0.2, 0.25) is 0 Å². The van der Waals surface area contributed by atoms with Gasteiger partial charge >= 0.3 is 0 Å². The average Bonchev–Trinajstić information content (AvgIpc) is 3.02. The van der Waals surface area contributed by atoms with E-state index in [1.165, 1.54) is 25.0 Å². The summed E-state index contributed by atoms with van der Waals surface area (Å²) in [4.78, 5) is 0. The van der Waals surface area contributed by atoms with E-state index in [9.17, 15) is 40.9 Å². The maximum absolute atomic E-state index is 11.1. The van der Waals surface area contributed by atoms with Crippen LogP contribution in [0.5, 0.6) is 0 Å². The molecule has 0 amide bonds. The molecule has 3 aliphatic rings. The SMILES string of the molecule is C=C[C@](C)(CC/C=C(/C)CCC=C(C)C)O[C@@H]1O[C@H](CO)[C@@H](O)[C@H](O)[C@H]1O[C@@H]1O[C@@H](C)[C@H](O[C@@H]2O[C@@H](C)[C@H](O)[C@@H](O)[C@H]2O)[C@@H](O)[C@H]1O. The fraction of sp³-hybridized carbons (Fsp3) is 0.818. The minimum Gasteiger partial charge on any atom is -0.394 e. The zero-order valence-electron chi connectivity index (χ0n) is 28.2. The molecule has 3 saturated heterocycles. The third kappa shape index (κ3) is 10.1. The van der Waals surface area contributed by atoms with Crippen molar-refractivity contribution in [3.05, 3.63) is 36.0 Å². The van der Waals surface area contributed by atoms with E-state index in [4.69, 9.17) is 28.4 Å². The smallest absolute Gasteiger partial charge is 0.188 e. The first-order valence-corrected chi connectivity index (χ1v) is 16.3. The van der Waals surface area contributed by atoms with E-state index in [1.54, 1.807) is 13.0 Å². The first kappa shape index (κ1) is 40.1. The Labute approximate surface area is 276 Å². The van der Waals surface area contributed by atoms with E-state index in [0.717, 1.165) is 12.8 Å². The standard InChI is InChI=1S/C33H56O14/c1-8-33(7,14-10-13-17(4)12-9-11-16(2)3)47-32-29(24(38)22(36)20(15-34)44-32)46-31-27(41)25(39)28(19(6)43-31)45-30-26(40)23(37)21(35)18(5)42-30/h8,11,13,18-32,34-41H,1,9-10,12,14-15H2,2-7H3/b17-13-/t18-,19-,20+,21-,22+,23+,24-,25-,26+,27+,28-,29+,30-,31-,32-,33+/m0/s1. The van der Waals surface area contributed by atoms with Gasteiger partial charge in [-0.2, -0.15) is 0 Å². The lowest BCUT2D eigenvalue weighted by Gasteiger charge is -2.48. The van der Waals surface area contributed by atoms with Crippen molar-refractivity contribution in [3.63, 3.8) is 0 Å². The van der Waals surface area contributed by atoms with Gasteiger partial charge in [0.1, 0.15) is 61.0 Å². The molecule has 0 unspecified atom stereocenters. The number of ether oxygens (including phenoxy) is 6. The van der Waals surface area contributed by atoms with E-state index in [-0.39, 0.29) is 0 Å². The third-order valence-electron chi connectivity index (χ3n) is 9.03. The summed E-state index contributed by atoms with van der Waals surface area (Å²) in [6.45, 7) is 14.2. The molecule has 3 fully saturated rings. The summed E-state index contributed by atoms with van der Waals surface area (Å²) in [7, 11) is 0. The average molecular weight is 677 g/mol. The van der Waals surface area contributed by atoms with Crippen molar-refractivity contribution in [1.29, 1.82) is 0 Å². The Kier molecular flexibility index (Phi) is 15.0. The summed E-state index contributed by atoms with van der Waals surface area (Å²) in [5.74, 6) is 0. The maximum Gasteiger partial charge on any atom is 0.188 e. The fourth-order valence-electron chi connectivity index (χ4n) is 5.81. The van der Waals surface area contributed by atoms with Gasteiger partial charge in [0.15, 0.2) is 18.9 Å². The summed E-state index contributed by atoms with van der Waals surface area (Å²) in [5, 5.41) is 84.0. The van der Waals surface area contributed by atoms with E-state index < -0.39 is 104 Å². The van der Waals surface area contributed by atoms with Crippen LogP contribution in [0, 0.1) is 0 Å². The Morgan fingerprint density at radius 2 is 1.28 bits per heavy atom. The number of aliphatic hydroxyl groups excluding tert-OH is 8. The van der Waals surface area contributed by atoms with Crippen molar-refractivity contribution >= 4 is 0 Å². The van der Waals surface area contributed by atoms with E-state index in [0.29, 0.717) is 12.8 Å². The molecule has 0 spiro atoms. The first-order valence-electron chi connectivity index (χ1n) is 16.3. The van der Waals surface area contributed by atoms with Crippen LogP contribution in [0.4, 0.5) is 0 Å². The highest BCUT2D eigenvalue weighted by Crippen LogP contribution is 2.34. The van der Waals surface area contributed by atoms with E-state index >= 15 is 0 Å². The molecule has 8 N–H and O–H groups in total. The summed E-state index contributed by atoms with van der Waals surface area (Å²) in [6, 6.07) is 0. The molecule has 0 aromatic rings. The Morgan fingerprint density at radius 3 is 1.87 bits per heavy atom. The van der Waals surface area contributed by atoms with Gasteiger partial charge in [0, 0.05) is 0 Å². The molecule has 3 aliphatic heterocycles. The summed E-state index contributed by atoms with van der Waals surface area (Å²) in [5.41, 5.74) is 1.48. The van der Waals surface area contributed by atoms with Crippen LogP contribution < -0.4 is 0 Å². The second-order valence-corrected chi connectivity index (χ2v) is 13.3. The molecule has 14 heteroatoms. The van der Waals surface area contributed by atoms with Crippen molar-refractivity contribution in [2.45, 2.75) is 165 Å². The van der Waals surface area contributed by atoms with Crippen LogP contribution in [0.3, 0.4) is 0 Å². The summed E-state index contributed by atoms with van der Waals surface area (Å²) < 4.78 is 35.0. The predicted octanol–water partition coefficient (Wildman–Crippen LogP) is -0.0759. The van der Waals surface area contributed by atoms with Crippen LogP contribution >= 0.6 is 0 Å². The molecule has 0 aromatic carbocycles. The predicted molar refractivity (Wildman–Crippen MR) is 168 cm³/mol. The van der Waals surface area contributed by atoms with Crippen LogP contribution in [-0.2, 0) is 28.4 Å². The number of aliphatic hydroxyl groups is 8. The van der Waals surface area contributed by atoms with Gasteiger partial charge in [0.25, 0.3) is 0 Å². The molecule has 16 atom stereocenters. The zero-order valence-corrected chi connectivity index (χ0v) is 28.2. The van der Waals surface area contributed by atoms with Gasteiger partial charge in [0.05, 0.1) is 24.4 Å². The van der Waals surface area contributed by atoms with Gasteiger partial charge in [-0.3, -0.25) is 0 Å². The first-order chi connectivity index (χ1) is 22.0. The summed E-state index contributed by atoms with van der Waals surface area (Å²) in [6.07, 6.45) is -12.6. The molecule has 14 nitrogen and oxygen atoms in total. The lowest BCUT2D eigenvalue weighted by Crippen LogP contribution is -2.66. The number of hydrogen-bond donors (Lipinski definition) is 8. The molecule has 0 saturated carbocycles. The Hall–Kier alpha value is -1.34. The molecule has 0 aromatic heterocycles. The summed E-state index contributed by atoms with van der Waals surface area (Å²) >= 11 is 0. The fourth-order valence-corrected chi connectivity index (χ4v) is 5.81. The van der Waals surface area contributed by atoms with Crippen molar-refractivity contribution in [2.75, 3.05) is 6.61 Å². The topological polar surface area (TPSA) is 217 Å². The molecule has 3 heterocycles. The minimum atomic E-state index is -1.77. The van der Waals surface area contributed by atoms with Crippen molar-refractivity contribution < 1.29 is 69.3 Å². The van der Waals surface area contributed by atoms with Gasteiger partial charge in [-0.15, -0.1) is 6.58 Å². The van der Waals surface area contributed by atoms with Crippen molar-refractivity contribution in [3.8, 4) is 0 Å². The lowest BCUT2D eigenvalue weighted by molar-refractivity contribution is -0.385. The van der Waals surface area contributed by atoms with Gasteiger partial charge in [-0.1, -0.05) is 29.4 Å². The zero-order chi connectivity index (χ0) is 35.2. The molecular weight excluding hydrogens is 620 g/mol. The van der Waals surface area contributed by atoms with Gasteiger partial charge in [-0.05, 0) is 67.2 Å². The molecule has 0 radical (unpaired) electrons. The van der Waals surface area contributed by atoms with E-state index in [1.807, 2.05) is 0 Å². The quantitative estimate of drug-likeness (QED) is 0.113. The largest absolute Gasteiger partial charge is 0.394 e. The third-order valence-corrected chi connectivity index (χ3v) is 9.03. The normalized spacial score (nSPS) is 42.9. The van der Waals surface area contributed by atoms with Crippen molar-refractivity contribution in [1.82, 2.24) is 0 Å². The second kappa shape index (κ2) is 17.5. The van der Waals surface area contributed by atoms with Crippen LogP contribution in [0.2, 0.25) is 0 Å². The molecule has 3 rings (SSSR count). The molecule has 0 aliphatic carbocycles. The maximum atomic E-state index is 11.1. The number of allylic oxidation sites excluding steroid dienone is 4. The highest BCUT2D eigenvalue weighted by molar-refractivity contribution is 5.05. The van der Waals surface area contributed by atoms with Crippen molar-refractivity contribution in [2.24, 2.45) is 0 Å². The Morgan fingerprint density at radius 1 is 0.702 bits per heavy atom. The van der Waals surface area contributed by atoms with Crippen LogP contribution in [0.15, 0.2) is 36.0 Å². The molecule has 47 heavy (non-hydrogen) atoms. The highest BCUT2D eigenvalue weighted by Gasteiger charge is 2.53. The molecular formula is C33H56O14. The number of hydrogen-bond acceptors (Lipinski definition) is 14. The van der Waals surface area contributed by atoms with Gasteiger partial charge in [-0.25, -0.2) is 0 Å². The Bertz CT molecular complexity index is 1050. The number of rotatable bonds is 14. The van der Waals surface area contributed by atoms with Gasteiger partial charge < -0.3 is 69.3 Å². The molecule has 0 bridgehead atoms. The second-order valence-electron chi connectivity index (χ2n) is 13.3. The lowest BCUT2D eigenvalue weighted by atomic mass is 9.95. The van der Waals surface area contributed by atoms with Crippen LogP contribution in [0.1, 0.15) is 67.2 Å². The van der Waals surface area contributed by atoms with E-state index in [2.05, 4.69) is 39.5 Å². The highest BCUT2D eigenvalue weighted by atomic mass is 16.8. The minimum absolute atomic E-state index is 0.474.